The third-order valence-electron chi connectivity index (χ3n) is 9.45. The van der Waals surface area contributed by atoms with Gasteiger partial charge in [0.1, 0.15) is 16.7 Å². The number of aromatic nitrogens is 1. The van der Waals surface area contributed by atoms with Crippen molar-refractivity contribution in [3.05, 3.63) is 170 Å². The summed E-state index contributed by atoms with van der Waals surface area (Å²) in [7, 11) is 0. The van der Waals surface area contributed by atoms with Gasteiger partial charge >= 0.3 is 0 Å². The van der Waals surface area contributed by atoms with Crippen LogP contribution in [0.4, 0.5) is 17.1 Å². The second-order valence-electron chi connectivity index (χ2n) is 12.4. The number of benzene rings is 8. The Kier molecular flexibility index (Phi) is 6.15. The van der Waals surface area contributed by atoms with Gasteiger partial charge in [0.25, 0.3) is 0 Å². The SMILES string of the molecule is c1ccc(-c2cccc(N(c3ccc4c(c3)oc3ccc5nc(-c6ccccc6)oc5c34)c3ccc4ccc5ccccc5c4c3)c2)cc1. The van der Waals surface area contributed by atoms with Gasteiger partial charge in [-0.1, -0.05) is 103 Å². The Morgan fingerprint density at radius 1 is 0.408 bits per heavy atom. The summed E-state index contributed by atoms with van der Waals surface area (Å²) in [4.78, 5) is 7.12. The van der Waals surface area contributed by atoms with Crippen molar-refractivity contribution in [2.45, 2.75) is 0 Å². The van der Waals surface area contributed by atoms with Gasteiger partial charge < -0.3 is 13.7 Å². The first kappa shape index (κ1) is 27.5. The van der Waals surface area contributed by atoms with Crippen LogP contribution in [0.15, 0.2) is 179 Å². The van der Waals surface area contributed by atoms with Crippen LogP contribution in [0.2, 0.25) is 0 Å². The van der Waals surface area contributed by atoms with Crippen LogP contribution < -0.4 is 4.90 Å². The van der Waals surface area contributed by atoms with E-state index in [9.17, 15) is 0 Å². The molecule has 4 nitrogen and oxygen atoms in total. The first-order chi connectivity index (χ1) is 24.3. The fourth-order valence-electron chi connectivity index (χ4n) is 7.11. The van der Waals surface area contributed by atoms with E-state index in [1.165, 1.54) is 27.1 Å². The van der Waals surface area contributed by atoms with E-state index < -0.39 is 0 Å². The van der Waals surface area contributed by atoms with Crippen LogP contribution in [-0.4, -0.2) is 4.98 Å². The predicted molar refractivity (Wildman–Crippen MR) is 202 cm³/mol. The molecule has 0 spiro atoms. The highest BCUT2D eigenvalue weighted by atomic mass is 16.4. The molecule has 8 aromatic carbocycles. The van der Waals surface area contributed by atoms with E-state index in [0.29, 0.717) is 5.89 Å². The maximum absolute atomic E-state index is 6.54. The van der Waals surface area contributed by atoms with Gasteiger partial charge in [-0.15, -0.1) is 0 Å². The van der Waals surface area contributed by atoms with Gasteiger partial charge in [-0.25, -0.2) is 4.98 Å². The smallest absolute Gasteiger partial charge is 0.227 e. The van der Waals surface area contributed by atoms with E-state index in [0.717, 1.165) is 61.2 Å². The summed E-state index contributed by atoms with van der Waals surface area (Å²) >= 11 is 0. The molecule has 0 fully saturated rings. The van der Waals surface area contributed by atoms with Gasteiger partial charge in [0.2, 0.25) is 5.89 Å². The van der Waals surface area contributed by atoms with Crippen molar-refractivity contribution >= 4 is 71.6 Å². The Morgan fingerprint density at radius 2 is 1.08 bits per heavy atom. The van der Waals surface area contributed by atoms with Crippen molar-refractivity contribution < 1.29 is 8.83 Å². The maximum Gasteiger partial charge on any atom is 0.227 e. The molecule has 0 aliphatic heterocycles. The molecule has 4 heteroatoms. The van der Waals surface area contributed by atoms with Crippen molar-refractivity contribution in [3.8, 4) is 22.6 Å². The second kappa shape index (κ2) is 11.0. The second-order valence-corrected chi connectivity index (χ2v) is 12.4. The highest BCUT2D eigenvalue weighted by Gasteiger charge is 2.20. The molecule has 0 N–H and O–H groups in total. The lowest BCUT2D eigenvalue weighted by atomic mass is 10.0. The number of furan rings is 1. The van der Waals surface area contributed by atoms with E-state index in [4.69, 9.17) is 13.8 Å². The molecular formula is C45H28N2O2. The molecule has 0 saturated heterocycles. The zero-order valence-corrected chi connectivity index (χ0v) is 26.4. The molecule has 0 atom stereocenters. The Labute approximate surface area is 282 Å². The lowest BCUT2D eigenvalue weighted by Crippen LogP contribution is -2.10. The van der Waals surface area contributed by atoms with E-state index in [-0.39, 0.29) is 0 Å². The molecule has 0 aliphatic rings. The summed E-state index contributed by atoms with van der Waals surface area (Å²) in [5, 5.41) is 6.80. The Balaban J connectivity index is 1.17. The van der Waals surface area contributed by atoms with E-state index in [1.807, 2.05) is 42.5 Å². The maximum atomic E-state index is 6.54. The number of nitrogens with zero attached hydrogens (tertiary/aromatic N) is 2. The van der Waals surface area contributed by atoms with Crippen molar-refractivity contribution in [3.63, 3.8) is 0 Å². The molecule has 10 rings (SSSR count). The quantitative estimate of drug-likeness (QED) is 0.178. The molecule has 0 unspecified atom stereocenters. The van der Waals surface area contributed by atoms with Gasteiger partial charge in [-0.2, -0.15) is 0 Å². The standard InChI is InChI=1S/C45H28N2O2/c1-3-10-29(11-4-1)33-15-9-16-34(26-33)47(35-21-20-31-19-18-30-12-7-8-17-37(30)39(31)27-35)36-22-23-38-42(28-36)48-41-25-24-40-44(43(38)41)49-45(46-40)32-13-5-2-6-14-32/h1-28H. The Bertz CT molecular complexity index is 2830. The third-order valence-corrected chi connectivity index (χ3v) is 9.45. The average molecular weight is 629 g/mol. The molecule has 10 aromatic rings. The van der Waals surface area contributed by atoms with E-state index >= 15 is 0 Å². The van der Waals surface area contributed by atoms with Gasteiger partial charge in [0, 0.05) is 34.1 Å². The number of fused-ring (bicyclic) bond motifs is 8. The van der Waals surface area contributed by atoms with Gasteiger partial charge in [-0.05, 0) is 93.3 Å². The number of anilines is 3. The van der Waals surface area contributed by atoms with Crippen molar-refractivity contribution in [2.75, 3.05) is 4.90 Å². The van der Waals surface area contributed by atoms with Gasteiger partial charge in [-0.3, -0.25) is 0 Å². The molecular weight excluding hydrogens is 601 g/mol. The van der Waals surface area contributed by atoms with Gasteiger partial charge in [0.05, 0.1) is 5.39 Å². The molecule has 49 heavy (non-hydrogen) atoms. The van der Waals surface area contributed by atoms with Crippen LogP contribution in [0, 0.1) is 0 Å². The van der Waals surface area contributed by atoms with E-state index in [2.05, 4.69) is 132 Å². The topological polar surface area (TPSA) is 42.4 Å². The third kappa shape index (κ3) is 4.57. The van der Waals surface area contributed by atoms with Crippen LogP contribution in [-0.2, 0) is 0 Å². The monoisotopic (exact) mass is 628 g/mol. The molecule has 230 valence electrons. The summed E-state index contributed by atoms with van der Waals surface area (Å²) in [6.07, 6.45) is 0. The number of hydrogen-bond donors (Lipinski definition) is 0. The average Bonchev–Trinajstić information content (AvgIpc) is 3.77. The highest BCUT2D eigenvalue weighted by Crippen LogP contribution is 2.43. The fourth-order valence-corrected chi connectivity index (χ4v) is 7.11. The molecule has 0 bridgehead atoms. The number of rotatable bonds is 5. The number of oxazole rings is 1. The zero-order chi connectivity index (χ0) is 32.3. The van der Waals surface area contributed by atoms with Crippen LogP contribution in [0.5, 0.6) is 0 Å². The predicted octanol–water partition coefficient (Wildman–Crippen LogP) is 12.8. The summed E-state index contributed by atoms with van der Waals surface area (Å²) in [6.45, 7) is 0. The summed E-state index contributed by atoms with van der Waals surface area (Å²) in [5.41, 5.74) is 9.48. The van der Waals surface area contributed by atoms with Crippen molar-refractivity contribution in [2.24, 2.45) is 0 Å². The lowest BCUT2D eigenvalue weighted by molar-refractivity contribution is 0.622. The number of hydrogen-bond acceptors (Lipinski definition) is 4. The lowest BCUT2D eigenvalue weighted by Gasteiger charge is -2.26. The summed E-state index contributed by atoms with van der Waals surface area (Å²) in [5.74, 6) is 0.599. The van der Waals surface area contributed by atoms with Crippen molar-refractivity contribution in [1.29, 1.82) is 0 Å². The fraction of sp³-hybridized carbons (Fsp3) is 0. The van der Waals surface area contributed by atoms with Crippen LogP contribution in [0.1, 0.15) is 0 Å². The Morgan fingerprint density at radius 3 is 1.94 bits per heavy atom. The van der Waals surface area contributed by atoms with Crippen molar-refractivity contribution in [1.82, 2.24) is 4.98 Å². The molecule has 0 radical (unpaired) electrons. The zero-order valence-electron chi connectivity index (χ0n) is 26.4. The summed E-state index contributed by atoms with van der Waals surface area (Å²) in [6, 6.07) is 59.4. The minimum absolute atomic E-state index is 0.599. The molecule has 0 saturated carbocycles. The largest absolute Gasteiger partial charge is 0.456 e. The highest BCUT2D eigenvalue weighted by molar-refractivity contribution is 6.17. The molecule has 2 aromatic heterocycles. The van der Waals surface area contributed by atoms with E-state index in [1.54, 1.807) is 0 Å². The van der Waals surface area contributed by atoms with Crippen LogP contribution in [0.25, 0.3) is 77.2 Å². The summed E-state index contributed by atoms with van der Waals surface area (Å²) < 4.78 is 12.9. The van der Waals surface area contributed by atoms with Crippen LogP contribution >= 0.6 is 0 Å². The minimum atomic E-state index is 0.599. The first-order valence-corrected chi connectivity index (χ1v) is 16.5. The normalized spacial score (nSPS) is 11.7. The minimum Gasteiger partial charge on any atom is -0.456 e. The molecule has 2 heterocycles. The Hall–Kier alpha value is -6.65. The molecule has 0 aliphatic carbocycles. The van der Waals surface area contributed by atoms with Crippen LogP contribution in [0.3, 0.4) is 0 Å². The first-order valence-electron chi connectivity index (χ1n) is 16.5. The molecule has 0 amide bonds. The van der Waals surface area contributed by atoms with Gasteiger partial charge in [0.15, 0.2) is 5.58 Å².